The molecule has 2 aliphatic rings. The van der Waals surface area contributed by atoms with Crippen LogP contribution in [0, 0.1) is 0 Å². The van der Waals surface area contributed by atoms with Crippen molar-refractivity contribution in [2.75, 3.05) is 26.3 Å². The molecule has 0 saturated carbocycles. The molecule has 200 valence electrons. The van der Waals surface area contributed by atoms with Gasteiger partial charge in [-0.15, -0.1) is 13.2 Å². The number of ether oxygens (including phenoxy) is 3. The Morgan fingerprint density at radius 3 is 2.46 bits per heavy atom. The maximum absolute atomic E-state index is 13.6. The third kappa shape index (κ3) is 6.53. The number of carboxylic acid groups (broad SMARTS) is 1. The summed E-state index contributed by atoms with van der Waals surface area (Å²) in [6.45, 7) is 3.70. The first-order valence-corrected chi connectivity index (χ1v) is 12.1. The Kier molecular flexibility index (Phi) is 7.93. The molecule has 0 bridgehead atoms. The van der Waals surface area contributed by atoms with Crippen molar-refractivity contribution < 1.29 is 42.1 Å². The molecule has 2 heterocycles. The van der Waals surface area contributed by atoms with E-state index in [4.69, 9.17) is 14.6 Å². The van der Waals surface area contributed by atoms with Gasteiger partial charge in [0.05, 0.1) is 11.6 Å². The van der Waals surface area contributed by atoms with Gasteiger partial charge >= 0.3 is 12.3 Å². The summed E-state index contributed by atoms with van der Waals surface area (Å²) in [5.74, 6) is -1.26. The molecule has 1 amide bonds. The lowest BCUT2D eigenvalue weighted by molar-refractivity contribution is -0.274. The smallest absolute Gasteiger partial charge is 0.489 e. The van der Waals surface area contributed by atoms with Crippen LogP contribution in [-0.4, -0.2) is 66.2 Å². The number of nitrogens with one attached hydrogen (secondary N) is 1. The summed E-state index contributed by atoms with van der Waals surface area (Å²) in [5, 5.41) is 12.2. The predicted octanol–water partition coefficient (Wildman–Crippen LogP) is 4.16. The minimum absolute atomic E-state index is 0.146. The molecule has 2 saturated heterocycles. The number of carbonyl (C=O) groups excluding carboxylic acids is 1. The molecule has 2 aliphatic heterocycles. The number of likely N-dealkylation sites (tertiary alicyclic amines) is 1. The van der Waals surface area contributed by atoms with Crippen molar-refractivity contribution in [3.8, 4) is 11.5 Å². The van der Waals surface area contributed by atoms with Crippen molar-refractivity contribution in [1.29, 1.82) is 0 Å². The molecule has 2 aromatic rings. The molecule has 2 aromatic carbocycles. The molecule has 2 atom stereocenters. The molecule has 0 radical (unpaired) electrons. The number of hydrogen-bond donors (Lipinski definition) is 2. The molecule has 8 nitrogen and oxygen atoms in total. The van der Waals surface area contributed by atoms with Crippen molar-refractivity contribution >= 4 is 11.9 Å². The summed E-state index contributed by atoms with van der Waals surface area (Å²) >= 11 is 0. The molecule has 2 fully saturated rings. The Balaban J connectivity index is 1.43. The van der Waals surface area contributed by atoms with Crippen molar-refractivity contribution in [3.05, 3.63) is 59.7 Å². The summed E-state index contributed by atoms with van der Waals surface area (Å²) in [4.78, 5) is 26.8. The van der Waals surface area contributed by atoms with E-state index in [-0.39, 0.29) is 35.1 Å². The lowest BCUT2D eigenvalue weighted by Gasteiger charge is -2.43. The largest absolute Gasteiger partial charge is 0.573 e. The van der Waals surface area contributed by atoms with Crippen molar-refractivity contribution in [1.82, 2.24) is 10.2 Å². The summed E-state index contributed by atoms with van der Waals surface area (Å²) in [5.41, 5.74) is 0.137. The van der Waals surface area contributed by atoms with E-state index in [1.165, 1.54) is 30.3 Å². The zero-order valence-corrected chi connectivity index (χ0v) is 20.3. The second-order valence-corrected chi connectivity index (χ2v) is 9.26. The van der Waals surface area contributed by atoms with Crippen LogP contribution in [0.3, 0.4) is 0 Å². The second-order valence-electron chi connectivity index (χ2n) is 9.26. The van der Waals surface area contributed by atoms with Gasteiger partial charge in [-0.25, -0.2) is 4.79 Å². The van der Waals surface area contributed by atoms with E-state index in [0.29, 0.717) is 45.6 Å². The number of benzene rings is 2. The van der Waals surface area contributed by atoms with Gasteiger partial charge in [-0.2, -0.15) is 0 Å². The molecule has 0 unspecified atom stereocenters. The molecule has 0 aromatic heterocycles. The van der Waals surface area contributed by atoms with Crippen molar-refractivity contribution in [2.24, 2.45) is 0 Å². The highest BCUT2D eigenvalue weighted by Crippen LogP contribution is 2.34. The zero-order chi connectivity index (χ0) is 26.6. The molecule has 4 rings (SSSR count). The Morgan fingerprint density at radius 2 is 1.81 bits per heavy atom. The SMILES string of the molecule is C[C@H](NC(=O)C1(N2CC[C@@H](Oc3cccc(OC(F)(F)F)c3)C2)CCOCC1)c1ccc(C(=O)O)cc1. The molecule has 0 aliphatic carbocycles. The van der Waals surface area contributed by atoms with Crippen molar-refractivity contribution in [3.63, 3.8) is 0 Å². The van der Waals surface area contributed by atoms with E-state index in [9.17, 15) is 22.8 Å². The first-order valence-electron chi connectivity index (χ1n) is 12.1. The standard InChI is InChI=1S/C26H29F3N2O6/c1-17(18-5-7-19(8-6-18)23(32)33)30-24(34)25(10-13-35-14-11-25)31-12-9-22(16-31)36-20-3-2-4-21(15-20)37-26(27,28)29/h2-8,15,17,22H,9-14,16H2,1H3,(H,30,34)(H,32,33)/t17-,22+/m0/s1. The van der Waals surface area contributed by atoms with Gasteiger partial charge in [0.1, 0.15) is 23.1 Å². The summed E-state index contributed by atoms with van der Waals surface area (Å²) in [6, 6.07) is 11.4. The van der Waals surface area contributed by atoms with Gasteiger partial charge in [0, 0.05) is 32.4 Å². The summed E-state index contributed by atoms with van der Waals surface area (Å²) in [6.07, 6.45) is -3.52. The van der Waals surface area contributed by atoms with E-state index < -0.39 is 17.9 Å². The quantitative estimate of drug-likeness (QED) is 0.537. The minimum Gasteiger partial charge on any atom is -0.489 e. The van der Waals surface area contributed by atoms with E-state index in [0.717, 1.165) is 5.56 Å². The zero-order valence-electron chi connectivity index (χ0n) is 20.3. The molecule has 0 spiro atoms. The van der Waals surface area contributed by atoms with Gasteiger partial charge in [-0.1, -0.05) is 18.2 Å². The summed E-state index contributed by atoms with van der Waals surface area (Å²) in [7, 11) is 0. The lowest BCUT2D eigenvalue weighted by atomic mass is 9.86. The lowest BCUT2D eigenvalue weighted by Crippen LogP contribution is -2.61. The van der Waals surface area contributed by atoms with Gasteiger partial charge in [0.2, 0.25) is 5.91 Å². The first kappa shape index (κ1) is 26.7. The Labute approximate surface area is 212 Å². The molecular formula is C26H29F3N2O6. The topological polar surface area (TPSA) is 97.3 Å². The van der Waals surface area contributed by atoms with E-state index >= 15 is 0 Å². The number of carboxylic acids is 1. The fourth-order valence-corrected chi connectivity index (χ4v) is 4.87. The Bertz CT molecular complexity index is 1100. The number of aromatic carboxylic acids is 1. The maximum Gasteiger partial charge on any atom is 0.573 e. The highest BCUT2D eigenvalue weighted by Gasteiger charge is 2.48. The van der Waals surface area contributed by atoms with Gasteiger partial charge < -0.3 is 24.6 Å². The molecular weight excluding hydrogens is 493 g/mol. The van der Waals surface area contributed by atoms with Crippen LogP contribution in [0.25, 0.3) is 0 Å². The third-order valence-corrected chi connectivity index (χ3v) is 6.84. The van der Waals surface area contributed by atoms with Gasteiger partial charge in [0.25, 0.3) is 0 Å². The van der Waals surface area contributed by atoms with Gasteiger partial charge in [0.15, 0.2) is 0 Å². The van der Waals surface area contributed by atoms with Crippen LogP contribution in [0.15, 0.2) is 48.5 Å². The van der Waals surface area contributed by atoms with Crippen LogP contribution in [-0.2, 0) is 9.53 Å². The molecule has 11 heteroatoms. The number of carbonyl (C=O) groups is 2. The fourth-order valence-electron chi connectivity index (χ4n) is 4.87. The van der Waals surface area contributed by atoms with Crippen LogP contribution in [0.1, 0.15) is 48.1 Å². The highest BCUT2D eigenvalue weighted by molar-refractivity contribution is 5.88. The number of hydrogen-bond acceptors (Lipinski definition) is 6. The van der Waals surface area contributed by atoms with E-state index in [2.05, 4.69) is 15.0 Å². The number of rotatable bonds is 8. The third-order valence-electron chi connectivity index (χ3n) is 6.84. The number of alkyl halides is 3. The van der Waals surface area contributed by atoms with Crippen LogP contribution >= 0.6 is 0 Å². The number of amides is 1. The summed E-state index contributed by atoms with van der Waals surface area (Å²) < 4.78 is 53.1. The van der Waals surface area contributed by atoms with E-state index in [1.54, 1.807) is 18.2 Å². The average Bonchev–Trinajstić information content (AvgIpc) is 3.32. The predicted molar refractivity (Wildman–Crippen MR) is 126 cm³/mol. The van der Waals surface area contributed by atoms with Gasteiger partial charge in [-0.05, 0) is 56.0 Å². The minimum atomic E-state index is -4.79. The van der Waals surface area contributed by atoms with Crippen LogP contribution in [0.4, 0.5) is 13.2 Å². The number of halogens is 3. The maximum atomic E-state index is 13.6. The second kappa shape index (κ2) is 11.0. The Morgan fingerprint density at radius 1 is 1.14 bits per heavy atom. The van der Waals surface area contributed by atoms with Crippen LogP contribution in [0.5, 0.6) is 11.5 Å². The molecule has 2 N–H and O–H groups in total. The monoisotopic (exact) mass is 522 g/mol. The first-order chi connectivity index (χ1) is 17.6. The molecule has 37 heavy (non-hydrogen) atoms. The van der Waals surface area contributed by atoms with Crippen LogP contribution < -0.4 is 14.8 Å². The van der Waals surface area contributed by atoms with Crippen molar-refractivity contribution in [2.45, 2.75) is 50.2 Å². The average molecular weight is 523 g/mol. The van der Waals surface area contributed by atoms with Gasteiger partial charge in [-0.3, -0.25) is 9.69 Å². The van der Waals surface area contributed by atoms with Crippen LogP contribution in [0.2, 0.25) is 0 Å². The highest BCUT2D eigenvalue weighted by atomic mass is 19.4. The Hall–Kier alpha value is -3.31. The normalized spacial score (nSPS) is 20.7. The fraction of sp³-hybridized carbons (Fsp3) is 0.462. The van der Waals surface area contributed by atoms with E-state index in [1.807, 2.05) is 6.92 Å². The number of nitrogens with zero attached hydrogens (tertiary/aromatic N) is 1.